The van der Waals surface area contributed by atoms with Crippen molar-refractivity contribution >= 4 is 6.29 Å². The van der Waals surface area contributed by atoms with Gasteiger partial charge >= 0.3 is 0 Å². The van der Waals surface area contributed by atoms with Crippen molar-refractivity contribution in [2.75, 3.05) is 19.8 Å². The minimum absolute atomic E-state index is 0.0467. The van der Waals surface area contributed by atoms with Crippen LogP contribution >= 0.6 is 0 Å². The highest BCUT2D eigenvalue weighted by Gasteiger charge is 2.52. The van der Waals surface area contributed by atoms with E-state index in [1.165, 1.54) is 38.5 Å². The lowest BCUT2D eigenvalue weighted by molar-refractivity contribution is -0.316. The van der Waals surface area contributed by atoms with Crippen LogP contribution in [0.15, 0.2) is 12.2 Å². The zero-order valence-corrected chi connectivity index (χ0v) is 21.4. The number of allylic oxidation sites excluding steroid dienone is 1. The van der Waals surface area contributed by atoms with E-state index >= 15 is 0 Å². The fourth-order valence-electron chi connectivity index (χ4n) is 5.51. The van der Waals surface area contributed by atoms with E-state index in [2.05, 4.69) is 32.9 Å². The van der Waals surface area contributed by atoms with Gasteiger partial charge in [0.15, 0.2) is 12.1 Å². The van der Waals surface area contributed by atoms with Crippen molar-refractivity contribution in [3.05, 3.63) is 12.2 Å². The van der Waals surface area contributed by atoms with Crippen molar-refractivity contribution in [1.29, 1.82) is 0 Å². The van der Waals surface area contributed by atoms with Gasteiger partial charge in [-0.15, -0.1) is 0 Å². The zero-order chi connectivity index (χ0) is 23.6. The van der Waals surface area contributed by atoms with Crippen LogP contribution in [0.5, 0.6) is 0 Å². The molecule has 5 heteroatoms. The number of aldehydes is 1. The van der Waals surface area contributed by atoms with Gasteiger partial charge in [0.05, 0.1) is 19.3 Å². The highest BCUT2D eigenvalue weighted by molar-refractivity contribution is 5.49. The molecule has 2 saturated heterocycles. The lowest BCUT2D eigenvalue weighted by atomic mass is 9.86. The molecule has 1 saturated carbocycles. The summed E-state index contributed by atoms with van der Waals surface area (Å²) in [4.78, 5) is 11.2. The molecule has 0 aromatic carbocycles. The Morgan fingerprint density at radius 2 is 1.85 bits per heavy atom. The topological polar surface area (TPSA) is 54.0 Å². The van der Waals surface area contributed by atoms with Gasteiger partial charge in [-0.1, -0.05) is 65.0 Å². The Morgan fingerprint density at radius 3 is 2.55 bits per heavy atom. The Bertz CT molecular complexity index is 585. The predicted octanol–water partition coefficient (Wildman–Crippen LogP) is 6.59. The molecule has 3 unspecified atom stereocenters. The predicted molar refractivity (Wildman–Crippen MR) is 131 cm³/mol. The monoisotopic (exact) mass is 464 g/mol. The van der Waals surface area contributed by atoms with Gasteiger partial charge in [-0.05, 0) is 44.4 Å². The number of carbonyl (C=O) groups excluding carboxylic acids is 1. The van der Waals surface area contributed by atoms with Crippen molar-refractivity contribution in [2.24, 2.45) is 17.3 Å². The molecule has 190 valence electrons. The third-order valence-corrected chi connectivity index (χ3v) is 7.55. The van der Waals surface area contributed by atoms with E-state index in [1.807, 2.05) is 0 Å². The Labute approximate surface area is 202 Å². The quantitative estimate of drug-likeness (QED) is 0.175. The second-order valence-corrected chi connectivity index (χ2v) is 11.2. The van der Waals surface area contributed by atoms with E-state index in [4.69, 9.17) is 18.9 Å². The minimum atomic E-state index is -0.531. The first-order valence-electron chi connectivity index (χ1n) is 13.6. The van der Waals surface area contributed by atoms with Gasteiger partial charge in [0, 0.05) is 30.8 Å². The normalized spacial score (nSPS) is 30.1. The molecule has 0 radical (unpaired) electrons. The molecule has 0 aromatic heterocycles. The van der Waals surface area contributed by atoms with Crippen molar-refractivity contribution in [1.82, 2.24) is 0 Å². The maximum absolute atomic E-state index is 11.2. The summed E-state index contributed by atoms with van der Waals surface area (Å²) in [6.45, 7) is 8.85. The molecule has 5 nitrogen and oxygen atoms in total. The van der Waals surface area contributed by atoms with Gasteiger partial charge in [0.2, 0.25) is 0 Å². The third kappa shape index (κ3) is 8.16. The van der Waals surface area contributed by atoms with Crippen LogP contribution in [-0.2, 0) is 23.7 Å². The largest absolute Gasteiger partial charge is 0.353 e. The fourth-order valence-corrected chi connectivity index (χ4v) is 5.51. The van der Waals surface area contributed by atoms with Crippen LogP contribution in [0.3, 0.4) is 0 Å². The SMILES string of the molecule is CCCCCCCC(C=C[C@@H]1CCC2(OCC(C)(C)CO2)C1CCC=O)OC1CCCCO1. The Kier molecular flexibility index (Phi) is 10.9. The molecule has 0 amide bonds. The van der Waals surface area contributed by atoms with E-state index in [1.54, 1.807) is 0 Å². The van der Waals surface area contributed by atoms with E-state index < -0.39 is 5.79 Å². The van der Waals surface area contributed by atoms with Gasteiger partial charge in [-0.25, -0.2) is 0 Å². The number of hydrogen-bond acceptors (Lipinski definition) is 5. The number of hydrogen-bond donors (Lipinski definition) is 0. The van der Waals surface area contributed by atoms with Crippen molar-refractivity contribution in [3.63, 3.8) is 0 Å². The lowest BCUT2D eigenvalue weighted by Gasteiger charge is -2.45. The first-order chi connectivity index (χ1) is 16.0. The molecule has 3 aliphatic rings. The van der Waals surface area contributed by atoms with Gasteiger partial charge in [0.25, 0.3) is 0 Å². The zero-order valence-electron chi connectivity index (χ0n) is 21.4. The van der Waals surface area contributed by atoms with E-state index in [0.717, 1.165) is 51.4 Å². The van der Waals surface area contributed by atoms with Gasteiger partial charge in [-0.3, -0.25) is 0 Å². The van der Waals surface area contributed by atoms with Crippen molar-refractivity contribution < 1.29 is 23.7 Å². The maximum atomic E-state index is 11.2. The molecule has 1 aliphatic carbocycles. The van der Waals surface area contributed by atoms with Crippen LogP contribution in [0.1, 0.15) is 104 Å². The van der Waals surface area contributed by atoms with Crippen LogP contribution in [0.25, 0.3) is 0 Å². The number of rotatable bonds is 13. The molecule has 2 heterocycles. The lowest BCUT2D eigenvalue weighted by Crippen LogP contribution is -2.50. The van der Waals surface area contributed by atoms with Gasteiger partial charge in [-0.2, -0.15) is 0 Å². The summed E-state index contributed by atoms with van der Waals surface area (Å²) in [5.41, 5.74) is 0.0467. The summed E-state index contributed by atoms with van der Waals surface area (Å²) in [6, 6.07) is 0. The molecule has 33 heavy (non-hydrogen) atoms. The molecule has 0 N–H and O–H groups in total. The molecule has 4 atom stereocenters. The minimum Gasteiger partial charge on any atom is -0.353 e. The first kappa shape index (κ1) is 26.8. The number of unbranched alkanes of at least 4 members (excludes halogenated alkanes) is 4. The highest BCUT2D eigenvalue weighted by atomic mass is 16.7. The molecule has 3 rings (SSSR count). The molecule has 0 aromatic rings. The van der Waals surface area contributed by atoms with Crippen molar-refractivity contribution in [3.8, 4) is 0 Å². The standard InChI is InChI=1S/C28H48O5/c1-4-5-6-7-8-12-24(33-26-14-9-10-20-30-26)16-15-23-17-18-28(25(23)13-11-19-29)31-21-27(2,3)22-32-28/h15-16,19,23-26H,4-14,17-18,20-22H2,1-3H3/t23-,24?,25?,26?/m1/s1. The third-order valence-electron chi connectivity index (χ3n) is 7.55. The molecular formula is C28H48O5. The maximum Gasteiger partial charge on any atom is 0.171 e. The van der Waals surface area contributed by atoms with Crippen LogP contribution < -0.4 is 0 Å². The molecule has 1 spiro atoms. The van der Waals surface area contributed by atoms with Crippen LogP contribution in [0, 0.1) is 17.3 Å². The van der Waals surface area contributed by atoms with Crippen LogP contribution in [0.4, 0.5) is 0 Å². The van der Waals surface area contributed by atoms with Crippen LogP contribution in [0.2, 0.25) is 0 Å². The molecule has 0 bridgehead atoms. The van der Waals surface area contributed by atoms with Gasteiger partial charge in [0.1, 0.15) is 6.29 Å². The van der Waals surface area contributed by atoms with E-state index in [-0.39, 0.29) is 23.7 Å². The fraction of sp³-hybridized carbons (Fsp3) is 0.893. The second-order valence-electron chi connectivity index (χ2n) is 11.2. The summed E-state index contributed by atoms with van der Waals surface area (Å²) in [5, 5.41) is 0. The smallest absolute Gasteiger partial charge is 0.171 e. The molecular weight excluding hydrogens is 416 g/mol. The summed E-state index contributed by atoms with van der Waals surface area (Å²) in [6.07, 6.45) is 19.6. The summed E-state index contributed by atoms with van der Waals surface area (Å²) < 4.78 is 25.1. The van der Waals surface area contributed by atoms with Crippen molar-refractivity contribution in [2.45, 2.75) is 122 Å². The molecule has 2 aliphatic heterocycles. The highest BCUT2D eigenvalue weighted by Crippen LogP contribution is 2.49. The first-order valence-corrected chi connectivity index (χ1v) is 13.6. The van der Waals surface area contributed by atoms with Crippen LogP contribution in [-0.4, -0.2) is 44.3 Å². The molecule has 3 fully saturated rings. The summed E-state index contributed by atoms with van der Waals surface area (Å²) >= 11 is 0. The van der Waals surface area contributed by atoms with Gasteiger partial charge < -0.3 is 23.7 Å². The summed E-state index contributed by atoms with van der Waals surface area (Å²) in [5.74, 6) is 0.0343. The Balaban J connectivity index is 1.63. The van der Waals surface area contributed by atoms with E-state index in [0.29, 0.717) is 25.6 Å². The number of ether oxygens (including phenoxy) is 4. The Morgan fingerprint density at radius 1 is 1.06 bits per heavy atom. The summed E-state index contributed by atoms with van der Waals surface area (Å²) in [7, 11) is 0. The second kappa shape index (κ2) is 13.4. The average molecular weight is 465 g/mol. The van der Waals surface area contributed by atoms with E-state index in [9.17, 15) is 4.79 Å². The number of carbonyl (C=O) groups is 1. The Hall–Kier alpha value is -0.750. The average Bonchev–Trinajstić information content (AvgIpc) is 3.15.